The first-order valence-corrected chi connectivity index (χ1v) is 51.5. The van der Waals surface area contributed by atoms with Gasteiger partial charge in [0.05, 0.1) is 141 Å². The van der Waals surface area contributed by atoms with Crippen molar-refractivity contribution in [2.75, 3.05) is 0 Å². The molecule has 0 radical (unpaired) electrons. The number of hydrogen-bond donors (Lipinski definition) is 0. The lowest BCUT2D eigenvalue weighted by atomic mass is 10.1. The number of thiophene rings is 12. The van der Waals surface area contributed by atoms with Crippen LogP contribution < -0.4 is 0 Å². The van der Waals surface area contributed by atoms with Crippen molar-refractivity contribution in [3.05, 3.63) is 295 Å². The minimum atomic E-state index is 1.23. The number of benzene rings is 10. The van der Waals surface area contributed by atoms with Crippen LogP contribution in [0.15, 0.2) is 231 Å². The quantitative estimate of drug-likeness (QED) is 0.159. The average Bonchev–Trinajstić information content (AvgIpc) is 1.54. The molecule has 0 fully saturated rings. The zero-order chi connectivity index (χ0) is 83.2. The van der Waals surface area contributed by atoms with Gasteiger partial charge >= 0.3 is 0 Å². The molecule has 600 valence electrons. The molecule has 6 nitrogen and oxygen atoms in total. The smallest absolute Gasteiger partial charge is 0.0829 e. The fourth-order valence-corrected chi connectivity index (χ4v) is 35.2. The maximum absolute atomic E-state index is 2.52. The highest BCUT2D eigenvalue weighted by molar-refractivity contribution is 7.47. The van der Waals surface area contributed by atoms with Crippen molar-refractivity contribution in [2.24, 2.45) is 0 Å². The lowest BCUT2D eigenvalue weighted by Gasteiger charge is -2.10. The third-order valence-corrected chi connectivity index (χ3v) is 40.0. The zero-order valence-electron chi connectivity index (χ0n) is 69.5. The van der Waals surface area contributed by atoms with Crippen molar-refractivity contribution in [3.63, 3.8) is 0 Å². The highest BCUT2D eigenvalue weighted by Gasteiger charge is 2.31. The second-order valence-electron chi connectivity index (χ2n) is 33.9. The molecule has 0 saturated carbocycles. The third kappa shape index (κ3) is 11.0. The molecular weight excluding hydrogens is 1740 g/mol. The molecule has 124 heavy (non-hydrogen) atoms. The summed E-state index contributed by atoms with van der Waals surface area (Å²) in [7, 11) is 0. The molecule has 10 aromatic carbocycles. The summed E-state index contributed by atoms with van der Waals surface area (Å²) >= 11 is 23.4. The van der Waals surface area contributed by atoms with Crippen LogP contribution in [0, 0.1) is 83.1 Å². The Morgan fingerprint density at radius 1 is 0.145 bits per heavy atom. The molecule has 0 aliphatic heterocycles. The topological polar surface area (TPSA) is 29.6 Å². The van der Waals surface area contributed by atoms with E-state index < -0.39 is 0 Å². The maximum Gasteiger partial charge on any atom is 0.0829 e. The Bertz CT molecular complexity index is 8870. The van der Waals surface area contributed by atoms with Crippen molar-refractivity contribution < 1.29 is 0 Å². The van der Waals surface area contributed by atoms with Gasteiger partial charge in [-0.2, -0.15) is 0 Å². The normalized spacial score (nSPS) is 12.5. The van der Waals surface area contributed by atoms with Gasteiger partial charge in [0.15, 0.2) is 0 Å². The molecule has 28 aromatic rings. The highest BCUT2D eigenvalue weighted by atomic mass is 32.1. The van der Waals surface area contributed by atoms with Gasteiger partial charge in [0.2, 0.25) is 0 Å². The fourth-order valence-electron chi connectivity index (χ4n) is 19.3. The number of rotatable bonds is 6. The van der Waals surface area contributed by atoms with Crippen LogP contribution in [0.5, 0.6) is 0 Å². The van der Waals surface area contributed by atoms with Gasteiger partial charge in [-0.15, -0.1) is 136 Å². The van der Waals surface area contributed by atoms with Crippen LogP contribution in [0.25, 0.3) is 227 Å². The predicted molar refractivity (Wildman–Crippen MR) is 559 cm³/mol. The number of aromatic nitrogens is 6. The Hall–Kier alpha value is -10.8. The Morgan fingerprint density at radius 2 is 0.387 bits per heavy atom. The minimum Gasteiger partial charge on any atom is -0.307 e. The molecule has 18 heterocycles. The lowest BCUT2D eigenvalue weighted by Crippen LogP contribution is -1.95. The summed E-state index contributed by atoms with van der Waals surface area (Å²) in [6, 6.07) is 87.2. The molecule has 0 aliphatic carbocycles. The first-order valence-electron chi connectivity index (χ1n) is 41.7. The summed E-state index contributed by atoms with van der Waals surface area (Å²) in [5, 5.41) is 8.10. The van der Waals surface area contributed by atoms with Crippen molar-refractivity contribution in [3.8, 4) is 34.1 Å². The van der Waals surface area contributed by atoms with E-state index in [1.54, 1.807) is 0 Å². The molecule has 0 aliphatic rings. The predicted octanol–water partition coefficient (Wildman–Crippen LogP) is 36.2. The van der Waals surface area contributed by atoms with Crippen LogP contribution in [0.3, 0.4) is 0 Å². The fraction of sp³-hybridized carbons (Fsp3) is 0.113. The Morgan fingerprint density at radius 3 is 0.718 bits per heavy atom. The minimum absolute atomic E-state index is 1.23. The van der Waals surface area contributed by atoms with Crippen molar-refractivity contribution in [2.45, 2.75) is 83.1 Å². The van der Waals surface area contributed by atoms with Crippen molar-refractivity contribution in [1.29, 1.82) is 0 Å². The number of fused-ring (bicyclic) bond motifs is 33. The van der Waals surface area contributed by atoms with Crippen LogP contribution in [0.2, 0.25) is 0 Å². The zero-order valence-corrected chi connectivity index (χ0v) is 79.3. The van der Waals surface area contributed by atoms with Gasteiger partial charge in [0.25, 0.3) is 0 Å². The third-order valence-electron chi connectivity index (χ3n) is 25.1. The van der Waals surface area contributed by atoms with E-state index in [1.165, 1.54) is 291 Å². The van der Waals surface area contributed by atoms with Crippen molar-refractivity contribution in [1.82, 2.24) is 27.4 Å². The van der Waals surface area contributed by atoms with E-state index in [0.717, 1.165) is 0 Å². The first kappa shape index (κ1) is 74.6. The first-order chi connectivity index (χ1) is 60.3. The van der Waals surface area contributed by atoms with Crippen LogP contribution in [-0.4, -0.2) is 27.4 Å². The highest BCUT2D eigenvalue weighted by Crippen LogP contribution is 2.59. The van der Waals surface area contributed by atoms with Gasteiger partial charge < -0.3 is 27.4 Å². The molecule has 0 saturated heterocycles. The molecule has 0 amide bonds. The van der Waals surface area contributed by atoms with Gasteiger partial charge in [-0.25, -0.2) is 0 Å². The summed E-state index contributed by atoms with van der Waals surface area (Å²) in [5.41, 5.74) is 33.7. The molecule has 18 aromatic heterocycles. The lowest BCUT2D eigenvalue weighted by molar-refractivity contribution is 1.18. The molecule has 18 heteroatoms. The van der Waals surface area contributed by atoms with E-state index in [1.807, 2.05) is 136 Å². The largest absolute Gasteiger partial charge is 0.307 e. The molecule has 0 atom stereocenters. The standard InChI is InChI=1S/C38H26N2S4.2C34H24N2S4/c1-19-5-11-23(12-6-19)39-27-17-21(3)9-15-25(27)31-29(39)33-35(41-31)37-38(43-33)36-34(44-37)30-32(42-36)26-16-10-22(4)18-28(26)40(30)24-13-7-20(2)8-14-24;1-17-5-9-21(10-6-17)35-25-15-24-26(16-23(25)31-29(35)33-27(39-31)13-19(3)37-33)36(22-11-7-18(2)8-12-22)30-32(24)40-28-14-20(4)38-34(28)30;1-17-5-9-21(10-6-17)35-25-13-19(3)37-31(25)33-29(35)23-15-28-24(16-27(23)39-33)30-34(40-28)32-26(14-20(4)38-32)36(30)22-11-7-18(2)8-12-22/h5-18H,1-4H3;2*5-16H,1-4H3. The SMILES string of the molecule is Cc1ccc(-n2c3cc(C)ccc3c3sc4c5sc6c(sc7c8ccc(C)cc8n(-c8ccc(C)cc8)c76)c5sc4c32)cc1.Cc1ccc(-n2c3cc(C)sc3c3sc4cc5c(cc4c32)sc2c3sc(C)cc3n(-c3ccc(C)cc3)c52)cc1.Cc1ccc(-n2c3cc4c5sc6cc(C)sc6c5n(-c5ccc(C)cc5)c4cc3c3sc4cc(C)sc4c32)cc1. The van der Waals surface area contributed by atoms with Crippen LogP contribution in [-0.2, 0) is 0 Å². The summed E-state index contributed by atoms with van der Waals surface area (Å²) in [5.74, 6) is 0. The average molecular weight is 1820 g/mol. The van der Waals surface area contributed by atoms with Gasteiger partial charge in [-0.1, -0.05) is 130 Å². The van der Waals surface area contributed by atoms with E-state index in [4.69, 9.17) is 0 Å². The second-order valence-corrected chi connectivity index (χ2v) is 47.2. The van der Waals surface area contributed by atoms with Crippen LogP contribution in [0.1, 0.15) is 64.0 Å². The number of hydrogen-bond acceptors (Lipinski definition) is 12. The van der Waals surface area contributed by atoms with Crippen LogP contribution in [0.4, 0.5) is 0 Å². The summed E-state index contributed by atoms with van der Waals surface area (Å²) in [6.07, 6.45) is 0. The van der Waals surface area contributed by atoms with E-state index in [-0.39, 0.29) is 0 Å². The molecule has 28 rings (SSSR count). The molecule has 0 N–H and O–H groups in total. The molecule has 0 bridgehead atoms. The van der Waals surface area contributed by atoms with Gasteiger partial charge in [-0.05, 0) is 228 Å². The summed E-state index contributed by atoms with van der Waals surface area (Å²) in [4.78, 5) is 5.46. The summed E-state index contributed by atoms with van der Waals surface area (Å²) in [6.45, 7) is 26.3. The van der Waals surface area contributed by atoms with Crippen LogP contribution >= 0.6 is 136 Å². The molecule has 0 spiro atoms. The Kier molecular flexibility index (Phi) is 16.5. The van der Waals surface area contributed by atoms with E-state index in [9.17, 15) is 0 Å². The molecule has 0 unspecified atom stereocenters. The van der Waals surface area contributed by atoms with E-state index in [0.29, 0.717) is 0 Å². The Labute approximate surface area is 759 Å². The summed E-state index contributed by atoms with van der Waals surface area (Å²) < 4.78 is 43.2. The van der Waals surface area contributed by atoms with Gasteiger partial charge in [-0.3, -0.25) is 0 Å². The number of aryl methyl sites for hydroxylation is 12. The van der Waals surface area contributed by atoms with E-state index in [2.05, 4.69) is 341 Å². The second kappa shape index (κ2) is 27.4. The van der Waals surface area contributed by atoms with E-state index >= 15 is 0 Å². The Balaban J connectivity index is 0.0000000996. The monoisotopic (exact) mass is 1810 g/mol. The van der Waals surface area contributed by atoms with Gasteiger partial charge in [0.1, 0.15) is 0 Å². The van der Waals surface area contributed by atoms with Gasteiger partial charge in [0, 0.05) is 105 Å². The molecular formula is C106H74N6S12. The van der Waals surface area contributed by atoms with Crippen molar-refractivity contribution >= 4 is 329 Å². The maximum atomic E-state index is 2.52. The number of nitrogens with zero attached hydrogens (tertiary/aromatic N) is 6.